The average molecular weight is 378 g/mol. The molecule has 0 unspecified atom stereocenters. The van der Waals surface area contributed by atoms with E-state index in [2.05, 4.69) is 0 Å². The Balaban J connectivity index is 1.58. The summed E-state index contributed by atoms with van der Waals surface area (Å²) in [6.07, 6.45) is 1.65. The summed E-state index contributed by atoms with van der Waals surface area (Å²) in [5.74, 6) is 0. The van der Waals surface area contributed by atoms with Gasteiger partial charge in [0.1, 0.15) is 6.54 Å². The Labute approximate surface area is 154 Å². The van der Waals surface area contributed by atoms with Crippen LogP contribution >= 0.6 is 11.6 Å². The lowest BCUT2D eigenvalue weighted by Gasteiger charge is -2.31. The summed E-state index contributed by atoms with van der Waals surface area (Å²) in [7, 11) is -3.37. The molecule has 0 spiro atoms. The average Bonchev–Trinajstić information content (AvgIpc) is 2.63. The van der Waals surface area contributed by atoms with Gasteiger partial charge in [0.2, 0.25) is 10.0 Å². The highest BCUT2D eigenvalue weighted by atomic mass is 35.5. The topological polar surface area (TPSA) is 41.8 Å². The smallest absolute Gasteiger partial charge is 0.236 e. The quantitative estimate of drug-likeness (QED) is 0.866. The van der Waals surface area contributed by atoms with Gasteiger partial charge >= 0.3 is 0 Å². The van der Waals surface area contributed by atoms with E-state index in [1.165, 1.54) is 10.3 Å². The predicted octanol–water partition coefficient (Wildman–Crippen LogP) is 2.04. The van der Waals surface area contributed by atoms with Crippen molar-refractivity contribution in [1.82, 2.24) is 4.31 Å². The van der Waals surface area contributed by atoms with Crippen molar-refractivity contribution in [3.8, 4) is 0 Å². The van der Waals surface area contributed by atoms with E-state index in [0.29, 0.717) is 13.1 Å². The van der Waals surface area contributed by atoms with Gasteiger partial charge in [0.15, 0.2) is 0 Å². The standard InChI is InChI=1S/C19H21ClN2O2S/c20-19-9-5-4-8-18(19)16-21-11-13-22(14-12-21)25(23,24)15-10-17-6-2-1-3-7-17/h1-10,15H,11-14,16H2/p+1/b15-10+. The Morgan fingerprint density at radius 1 is 1.00 bits per heavy atom. The second-order valence-electron chi connectivity index (χ2n) is 6.18. The molecule has 0 saturated carbocycles. The molecule has 1 saturated heterocycles. The Morgan fingerprint density at radius 3 is 2.32 bits per heavy atom. The van der Waals surface area contributed by atoms with Gasteiger partial charge in [0.05, 0.1) is 26.2 Å². The third-order valence-corrected chi connectivity index (χ3v) is 6.35. The lowest BCUT2D eigenvalue weighted by atomic mass is 10.2. The second kappa shape index (κ2) is 8.15. The molecule has 2 aromatic rings. The number of hydrogen-bond donors (Lipinski definition) is 1. The minimum absolute atomic E-state index is 0.529. The van der Waals surface area contributed by atoms with Gasteiger partial charge in [-0.05, 0) is 17.7 Å². The van der Waals surface area contributed by atoms with E-state index in [1.54, 1.807) is 10.4 Å². The van der Waals surface area contributed by atoms with E-state index in [9.17, 15) is 8.42 Å². The van der Waals surface area contributed by atoms with E-state index in [-0.39, 0.29) is 0 Å². The van der Waals surface area contributed by atoms with Crippen molar-refractivity contribution in [3.05, 3.63) is 76.2 Å². The van der Waals surface area contributed by atoms with Gasteiger partial charge < -0.3 is 4.90 Å². The fourth-order valence-corrected chi connectivity index (χ4v) is 4.35. The Bertz CT molecular complexity index is 830. The first-order valence-corrected chi connectivity index (χ1v) is 10.2. The normalized spacial score (nSPS) is 17.2. The van der Waals surface area contributed by atoms with Crippen LogP contribution in [0.5, 0.6) is 0 Å². The molecule has 4 nitrogen and oxygen atoms in total. The third-order valence-electron chi connectivity index (χ3n) is 4.42. The summed E-state index contributed by atoms with van der Waals surface area (Å²) in [6, 6.07) is 17.3. The second-order valence-corrected chi connectivity index (χ2v) is 8.40. The molecule has 0 aromatic heterocycles. The molecule has 2 aromatic carbocycles. The van der Waals surface area contributed by atoms with Crippen LogP contribution < -0.4 is 4.90 Å². The molecule has 1 fully saturated rings. The zero-order valence-corrected chi connectivity index (χ0v) is 15.5. The van der Waals surface area contributed by atoms with Gasteiger partial charge in [0.25, 0.3) is 0 Å². The van der Waals surface area contributed by atoms with Crippen LogP contribution in [0.4, 0.5) is 0 Å². The van der Waals surface area contributed by atoms with Crippen LogP contribution in [0.25, 0.3) is 6.08 Å². The van der Waals surface area contributed by atoms with Crippen molar-refractivity contribution in [2.24, 2.45) is 0 Å². The Hall–Kier alpha value is -1.66. The molecule has 6 heteroatoms. The molecular formula is C19H22ClN2O2S+. The van der Waals surface area contributed by atoms with Crippen LogP contribution in [0.3, 0.4) is 0 Å². The van der Waals surface area contributed by atoms with Crippen molar-refractivity contribution in [2.75, 3.05) is 26.2 Å². The van der Waals surface area contributed by atoms with Gasteiger partial charge in [-0.25, -0.2) is 8.42 Å². The first-order chi connectivity index (χ1) is 12.0. The number of halogens is 1. The van der Waals surface area contributed by atoms with Crippen LogP contribution in [0, 0.1) is 0 Å². The fourth-order valence-electron chi connectivity index (χ4n) is 2.96. The first kappa shape index (κ1) is 18.1. The zero-order chi connectivity index (χ0) is 17.7. The monoisotopic (exact) mass is 377 g/mol. The van der Waals surface area contributed by atoms with Crippen LogP contribution in [-0.2, 0) is 16.6 Å². The van der Waals surface area contributed by atoms with Crippen LogP contribution in [0.2, 0.25) is 5.02 Å². The minimum atomic E-state index is -3.37. The van der Waals surface area contributed by atoms with E-state index in [1.807, 2.05) is 54.6 Å². The minimum Gasteiger partial charge on any atom is -0.329 e. The third kappa shape index (κ3) is 4.92. The molecule has 0 amide bonds. The SMILES string of the molecule is O=S(=O)(/C=C/c1ccccc1)N1CC[NH+](Cc2ccccc2Cl)CC1. The molecule has 132 valence electrons. The molecule has 3 rings (SSSR count). The van der Waals surface area contributed by atoms with E-state index >= 15 is 0 Å². The maximum atomic E-state index is 12.5. The van der Waals surface area contributed by atoms with Crippen molar-refractivity contribution >= 4 is 27.7 Å². The first-order valence-electron chi connectivity index (χ1n) is 8.35. The summed E-state index contributed by atoms with van der Waals surface area (Å²) in [4.78, 5) is 1.35. The molecule has 25 heavy (non-hydrogen) atoms. The number of hydrogen-bond acceptors (Lipinski definition) is 2. The van der Waals surface area contributed by atoms with Crippen LogP contribution in [0.15, 0.2) is 60.0 Å². The summed E-state index contributed by atoms with van der Waals surface area (Å²) < 4.78 is 26.5. The summed E-state index contributed by atoms with van der Waals surface area (Å²) >= 11 is 6.22. The predicted molar refractivity (Wildman–Crippen MR) is 102 cm³/mol. The number of piperazine rings is 1. The highest BCUT2D eigenvalue weighted by Gasteiger charge is 2.27. The largest absolute Gasteiger partial charge is 0.329 e. The van der Waals surface area contributed by atoms with Crippen LogP contribution in [-0.4, -0.2) is 38.9 Å². The van der Waals surface area contributed by atoms with Crippen molar-refractivity contribution in [1.29, 1.82) is 0 Å². The highest BCUT2D eigenvalue weighted by Crippen LogP contribution is 2.14. The molecule has 1 aliphatic heterocycles. The zero-order valence-electron chi connectivity index (χ0n) is 13.9. The van der Waals surface area contributed by atoms with E-state index < -0.39 is 10.0 Å². The van der Waals surface area contributed by atoms with E-state index in [4.69, 9.17) is 11.6 Å². The molecular weight excluding hydrogens is 356 g/mol. The van der Waals surface area contributed by atoms with Gasteiger partial charge in [0, 0.05) is 16.0 Å². The number of quaternary nitrogens is 1. The number of nitrogens with one attached hydrogen (secondary N) is 1. The van der Waals surface area contributed by atoms with Gasteiger partial charge in [-0.1, -0.05) is 60.1 Å². The molecule has 0 radical (unpaired) electrons. The van der Waals surface area contributed by atoms with E-state index in [0.717, 1.165) is 35.8 Å². The van der Waals surface area contributed by atoms with Crippen LogP contribution in [0.1, 0.15) is 11.1 Å². The number of benzene rings is 2. The lowest BCUT2D eigenvalue weighted by Crippen LogP contribution is -3.13. The maximum Gasteiger partial charge on any atom is 0.236 e. The molecule has 1 N–H and O–H groups in total. The molecule has 1 heterocycles. The number of sulfonamides is 1. The summed E-state index contributed by atoms with van der Waals surface area (Å²) in [5.41, 5.74) is 1.99. The van der Waals surface area contributed by atoms with Gasteiger partial charge in [-0.15, -0.1) is 0 Å². The summed E-state index contributed by atoms with van der Waals surface area (Å²) in [5, 5.41) is 2.08. The molecule has 0 bridgehead atoms. The fraction of sp³-hybridized carbons (Fsp3) is 0.263. The van der Waals surface area contributed by atoms with Gasteiger partial charge in [-0.3, -0.25) is 0 Å². The molecule has 1 aliphatic rings. The molecule has 0 atom stereocenters. The number of nitrogens with zero attached hydrogens (tertiary/aromatic N) is 1. The number of rotatable bonds is 5. The Kier molecular flexibility index (Phi) is 5.91. The van der Waals surface area contributed by atoms with Crippen molar-refractivity contribution in [2.45, 2.75) is 6.54 Å². The highest BCUT2D eigenvalue weighted by molar-refractivity contribution is 7.92. The Morgan fingerprint density at radius 2 is 1.64 bits per heavy atom. The van der Waals surface area contributed by atoms with Crippen molar-refractivity contribution < 1.29 is 13.3 Å². The summed E-state index contributed by atoms with van der Waals surface area (Å²) in [6.45, 7) is 3.45. The lowest BCUT2D eigenvalue weighted by molar-refractivity contribution is -0.917. The maximum absolute atomic E-state index is 12.5. The van der Waals surface area contributed by atoms with Crippen molar-refractivity contribution in [3.63, 3.8) is 0 Å². The van der Waals surface area contributed by atoms with Gasteiger partial charge in [-0.2, -0.15) is 4.31 Å². The molecule has 0 aliphatic carbocycles.